The van der Waals surface area contributed by atoms with Crippen LogP contribution in [0.25, 0.3) is 0 Å². The highest BCUT2D eigenvalue weighted by Crippen LogP contribution is 2.30. The van der Waals surface area contributed by atoms with Crippen LogP contribution in [0.5, 0.6) is 0 Å². The molecule has 1 aromatic carbocycles. The first kappa shape index (κ1) is 16.3. The summed E-state index contributed by atoms with van der Waals surface area (Å²) in [6.07, 6.45) is 6.74. The summed E-state index contributed by atoms with van der Waals surface area (Å²) in [5.74, 6) is 0.274. The van der Waals surface area contributed by atoms with E-state index in [0.717, 1.165) is 38.6 Å². The van der Waals surface area contributed by atoms with Gasteiger partial charge in [-0.1, -0.05) is 30.3 Å². The summed E-state index contributed by atoms with van der Waals surface area (Å²) in [6.45, 7) is 2.18. The largest absolute Gasteiger partial charge is 0.381 e. The summed E-state index contributed by atoms with van der Waals surface area (Å²) in [6, 6.07) is 10.5. The van der Waals surface area contributed by atoms with Crippen LogP contribution in [0.3, 0.4) is 0 Å². The normalized spacial score (nSPS) is 20.9. The highest BCUT2D eigenvalue weighted by atomic mass is 16.5. The number of rotatable bonds is 4. The SMILES string of the molecule is O=C(NC1CCCc2c1cnn2Cc1ccccc1)C1CCOCC1. The average molecular weight is 339 g/mol. The molecule has 1 aromatic heterocycles. The molecule has 4 rings (SSSR count). The zero-order valence-electron chi connectivity index (χ0n) is 14.5. The molecule has 1 saturated heterocycles. The van der Waals surface area contributed by atoms with Crippen molar-refractivity contribution < 1.29 is 9.53 Å². The Morgan fingerprint density at radius 3 is 2.80 bits per heavy atom. The van der Waals surface area contributed by atoms with Gasteiger partial charge in [-0.25, -0.2) is 0 Å². The molecule has 0 spiro atoms. The maximum absolute atomic E-state index is 12.6. The van der Waals surface area contributed by atoms with Gasteiger partial charge in [0.15, 0.2) is 0 Å². The Balaban J connectivity index is 1.47. The molecule has 0 saturated carbocycles. The quantitative estimate of drug-likeness (QED) is 0.932. The fourth-order valence-electron chi connectivity index (χ4n) is 3.91. The van der Waals surface area contributed by atoms with E-state index in [-0.39, 0.29) is 17.9 Å². The van der Waals surface area contributed by atoms with Crippen LogP contribution in [-0.2, 0) is 22.5 Å². The van der Waals surface area contributed by atoms with Gasteiger partial charge >= 0.3 is 0 Å². The Morgan fingerprint density at radius 2 is 2.00 bits per heavy atom. The number of aromatic nitrogens is 2. The highest BCUT2D eigenvalue weighted by Gasteiger charge is 2.28. The summed E-state index contributed by atoms with van der Waals surface area (Å²) in [4.78, 5) is 12.6. The number of carbonyl (C=O) groups excluding carboxylic acids is 1. The predicted molar refractivity (Wildman–Crippen MR) is 95.1 cm³/mol. The molecule has 0 radical (unpaired) electrons. The second-order valence-corrected chi connectivity index (χ2v) is 7.03. The standard InChI is InChI=1S/C20H25N3O2/c24-20(16-9-11-25-12-10-16)22-18-7-4-8-19-17(18)13-21-23(19)14-15-5-2-1-3-6-15/h1-3,5-6,13,16,18H,4,7-12,14H2,(H,22,24). The van der Waals surface area contributed by atoms with Crippen molar-refractivity contribution in [3.63, 3.8) is 0 Å². The van der Waals surface area contributed by atoms with Gasteiger partial charge in [-0.05, 0) is 37.7 Å². The Kier molecular flexibility index (Phi) is 4.83. The lowest BCUT2D eigenvalue weighted by molar-refractivity contribution is -0.128. The number of hydrogen-bond acceptors (Lipinski definition) is 3. The number of amides is 1. The number of carbonyl (C=O) groups is 1. The van der Waals surface area contributed by atoms with Crippen LogP contribution in [0.1, 0.15) is 48.5 Å². The molecule has 2 aromatic rings. The molecule has 1 aliphatic heterocycles. The molecule has 132 valence electrons. The van der Waals surface area contributed by atoms with Crippen molar-refractivity contribution >= 4 is 5.91 Å². The molecule has 1 fully saturated rings. The molecular formula is C20H25N3O2. The predicted octanol–water partition coefficient (Wildman–Crippen LogP) is 2.85. The molecule has 1 amide bonds. The monoisotopic (exact) mass is 339 g/mol. The van der Waals surface area contributed by atoms with E-state index in [4.69, 9.17) is 4.74 Å². The molecule has 2 aliphatic rings. The lowest BCUT2D eigenvalue weighted by Gasteiger charge is -2.27. The molecule has 5 nitrogen and oxygen atoms in total. The van der Waals surface area contributed by atoms with E-state index in [1.807, 2.05) is 12.3 Å². The molecule has 1 unspecified atom stereocenters. The first-order valence-electron chi connectivity index (χ1n) is 9.28. The first-order chi connectivity index (χ1) is 12.3. The van der Waals surface area contributed by atoms with Gasteiger partial charge in [-0.3, -0.25) is 9.48 Å². The first-order valence-corrected chi connectivity index (χ1v) is 9.28. The molecule has 1 aliphatic carbocycles. The van der Waals surface area contributed by atoms with E-state index >= 15 is 0 Å². The van der Waals surface area contributed by atoms with E-state index in [2.05, 4.69) is 39.4 Å². The van der Waals surface area contributed by atoms with Gasteiger partial charge in [0, 0.05) is 30.4 Å². The Hall–Kier alpha value is -2.14. The highest BCUT2D eigenvalue weighted by molar-refractivity contribution is 5.79. The van der Waals surface area contributed by atoms with E-state index in [0.29, 0.717) is 13.2 Å². The van der Waals surface area contributed by atoms with Crippen molar-refractivity contribution in [2.24, 2.45) is 5.92 Å². The van der Waals surface area contributed by atoms with Gasteiger partial charge in [0.25, 0.3) is 0 Å². The van der Waals surface area contributed by atoms with E-state index in [1.54, 1.807) is 0 Å². The lowest BCUT2D eigenvalue weighted by atomic mass is 9.91. The maximum atomic E-state index is 12.6. The lowest BCUT2D eigenvalue weighted by Crippen LogP contribution is -2.37. The summed E-state index contributed by atoms with van der Waals surface area (Å²) in [5, 5.41) is 7.88. The fourth-order valence-corrected chi connectivity index (χ4v) is 3.91. The third kappa shape index (κ3) is 3.61. The number of nitrogens with one attached hydrogen (secondary N) is 1. The zero-order chi connectivity index (χ0) is 17.1. The zero-order valence-corrected chi connectivity index (χ0v) is 14.5. The van der Waals surface area contributed by atoms with Crippen LogP contribution < -0.4 is 5.32 Å². The van der Waals surface area contributed by atoms with E-state index < -0.39 is 0 Å². The van der Waals surface area contributed by atoms with Crippen LogP contribution in [0.4, 0.5) is 0 Å². The Morgan fingerprint density at radius 1 is 1.20 bits per heavy atom. The van der Waals surface area contributed by atoms with Crippen molar-refractivity contribution in [3.05, 3.63) is 53.3 Å². The van der Waals surface area contributed by atoms with Gasteiger partial charge < -0.3 is 10.1 Å². The molecule has 5 heteroatoms. The van der Waals surface area contributed by atoms with Crippen molar-refractivity contribution in [2.75, 3.05) is 13.2 Å². The van der Waals surface area contributed by atoms with Crippen molar-refractivity contribution in [1.29, 1.82) is 0 Å². The van der Waals surface area contributed by atoms with Crippen molar-refractivity contribution in [1.82, 2.24) is 15.1 Å². The number of benzene rings is 1. The smallest absolute Gasteiger partial charge is 0.223 e. The summed E-state index contributed by atoms with van der Waals surface area (Å²) in [7, 11) is 0. The number of ether oxygens (including phenoxy) is 1. The molecular weight excluding hydrogens is 314 g/mol. The molecule has 2 heterocycles. The Bertz CT molecular complexity index is 720. The van der Waals surface area contributed by atoms with Gasteiger partial charge in [0.2, 0.25) is 5.91 Å². The topological polar surface area (TPSA) is 56.2 Å². The number of nitrogens with zero attached hydrogens (tertiary/aromatic N) is 2. The second kappa shape index (κ2) is 7.40. The molecule has 0 bridgehead atoms. The maximum Gasteiger partial charge on any atom is 0.223 e. The Labute approximate surface area is 148 Å². The molecule has 1 N–H and O–H groups in total. The van der Waals surface area contributed by atoms with Crippen molar-refractivity contribution in [2.45, 2.75) is 44.7 Å². The number of hydrogen-bond donors (Lipinski definition) is 1. The summed E-state index contributed by atoms with van der Waals surface area (Å²) < 4.78 is 7.46. The molecule has 1 atom stereocenters. The summed E-state index contributed by atoms with van der Waals surface area (Å²) >= 11 is 0. The van der Waals surface area contributed by atoms with Crippen molar-refractivity contribution in [3.8, 4) is 0 Å². The van der Waals surface area contributed by atoms with E-state index in [1.165, 1.54) is 16.8 Å². The minimum Gasteiger partial charge on any atom is -0.381 e. The van der Waals surface area contributed by atoms with Gasteiger partial charge in [-0.2, -0.15) is 5.10 Å². The van der Waals surface area contributed by atoms with Gasteiger partial charge in [0.1, 0.15) is 0 Å². The third-order valence-corrected chi connectivity index (χ3v) is 5.35. The van der Waals surface area contributed by atoms with Crippen LogP contribution in [0, 0.1) is 5.92 Å². The minimum absolute atomic E-state index is 0.0958. The molecule has 25 heavy (non-hydrogen) atoms. The van der Waals surface area contributed by atoms with Crippen LogP contribution in [-0.4, -0.2) is 28.9 Å². The fraction of sp³-hybridized carbons (Fsp3) is 0.500. The summed E-state index contributed by atoms with van der Waals surface area (Å²) in [5.41, 5.74) is 3.72. The van der Waals surface area contributed by atoms with Crippen LogP contribution in [0.15, 0.2) is 36.5 Å². The van der Waals surface area contributed by atoms with Crippen LogP contribution >= 0.6 is 0 Å². The number of fused-ring (bicyclic) bond motifs is 1. The average Bonchev–Trinajstić information content (AvgIpc) is 3.07. The minimum atomic E-state index is 0.0958. The third-order valence-electron chi connectivity index (χ3n) is 5.35. The van der Waals surface area contributed by atoms with Gasteiger partial charge in [-0.15, -0.1) is 0 Å². The van der Waals surface area contributed by atoms with E-state index in [9.17, 15) is 4.79 Å². The van der Waals surface area contributed by atoms with Crippen LogP contribution in [0.2, 0.25) is 0 Å². The van der Waals surface area contributed by atoms with Gasteiger partial charge in [0.05, 0.1) is 18.8 Å². The second-order valence-electron chi connectivity index (χ2n) is 7.03.